The third-order valence-electron chi connectivity index (χ3n) is 3.51. The summed E-state index contributed by atoms with van der Waals surface area (Å²) in [6, 6.07) is 3.60. The maximum absolute atomic E-state index is 11.9. The lowest BCUT2D eigenvalue weighted by atomic mass is 10.1. The van der Waals surface area contributed by atoms with Gasteiger partial charge in [0.25, 0.3) is 0 Å². The minimum Gasteiger partial charge on any atom is -0.347 e. The Morgan fingerprint density at radius 1 is 1.47 bits per heavy atom. The fraction of sp³-hybridized carbons (Fsp3) is 0.538. The van der Waals surface area contributed by atoms with Crippen LogP contribution >= 0.6 is 0 Å². The number of nitrogens with one attached hydrogen (secondary N) is 3. The number of nitrogens with two attached hydrogens (primary N) is 1. The van der Waals surface area contributed by atoms with Crippen molar-refractivity contribution in [2.75, 3.05) is 19.6 Å². The van der Waals surface area contributed by atoms with Gasteiger partial charge in [0.2, 0.25) is 0 Å². The number of hydrogen-bond acceptors (Lipinski definition) is 1. The number of quaternary nitrogens is 1. The van der Waals surface area contributed by atoms with E-state index in [1.807, 2.05) is 19.3 Å². The number of aryl methyl sites for hydroxylation is 1. The molecular formula is C13H23N5O+2. The number of carbonyl (C=O) groups is 1. The van der Waals surface area contributed by atoms with Crippen LogP contribution in [0.25, 0.3) is 0 Å². The van der Waals surface area contributed by atoms with Crippen molar-refractivity contribution < 1.29 is 14.8 Å². The predicted octanol–water partition coefficient (Wildman–Crippen LogP) is -2.82. The Bertz CT molecular complexity index is 459. The van der Waals surface area contributed by atoms with Crippen LogP contribution < -0.4 is 21.2 Å². The molecule has 1 aromatic rings. The second-order valence-electron chi connectivity index (χ2n) is 5.10. The molecule has 1 saturated heterocycles. The molecule has 0 spiro atoms. The monoisotopic (exact) mass is 265 g/mol. The van der Waals surface area contributed by atoms with Crippen LogP contribution in [-0.4, -0.2) is 35.9 Å². The van der Waals surface area contributed by atoms with Crippen LogP contribution in [0.1, 0.15) is 29.8 Å². The minimum absolute atomic E-state index is 0.177. The van der Waals surface area contributed by atoms with Crippen LogP contribution in [0.15, 0.2) is 18.3 Å². The number of piperidine rings is 1. The van der Waals surface area contributed by atoms with Crippen molar-refractivity contribution in [2.45, 2.75) is 19.3 Å². The summed E-state index contributed by atoms with van der Waals surface area (Å²) in [6.07, 6.45) is 5.68. The first-order valence-electron chi connectivity index (χ1n) is 6.79. The van der Waals surface area contributed by atoms with Crippen molar-refractivity contribution in [3.05, 3.63) is 24.0 Å². The van der Waals surface area contributed by atoms with E-state index in [1.54, 1.807) is 10.6 Å². The zero-order chi connectivity index (χ0) is 13.7. The van der Waals surface area contributed by atoms with Crippen molar-refractivity contribution in [3.63, 3.8) is 0 Å². The lowest BCUT2D eigenvalue weighted by Crippen LogP contribution is -3.15. The van der Waals surface area contributed by atoms with E-state index in [9.17, 15) is 4.79 Å². The van der Waals surface area contributed by atoms with E-state index in [0.29, 0.717) is 11.5 Å². The Labute approximate surface area is 113 Å². The lowest BCUT2D eigenvalue weighted by Gasteiger charge is -2.21. The molecule has 0 saturated carbocycles. The van der Waals surface area contributed by atoms with Gasteiger partial charge in [-0.3, -0.25) is 10.5 Å². The number of rotatable bonds is 4. The summed E-state index contributed by atoms with van der Waals surface area (Å²) in [6.45, 7) is 3.08. The Kier molecular flexibility index (Phi) is 4.57. The van der Waals surface area contributed by atoms with E-state index in [2.05, 4.69) is 10.5 Å². The Morgan fingerprint density at radius 3 is 2.84 bits per heavy atom. The van der Waals surface area contributed by atoms with E-state index in [-0.39, 0.29) is 5.91 Å². The maximum Gasteiger partial charge on any atom is 0.319 e. The highest BCUT2D eigenvalue weighted by atomic mass is 16.2. The summed E-state index contributed by atoms with van der Waals surface area (Å²) < 4.78 is 1.77. The molecule has 0 unspecified atom stereocenters. The molecule has 2 rings (SSSR count). The van der Waals surface area contributed by atoms with Gasteiger partial charge in [-0.15, -0.1) is 0 Å². The predicted molar refractivity (Wildman–Crippen MR) is 72.5 cm³/mol. The first-order valence-corrected chi connectivity index (χ1v) is 6.79. The average Bonchev–Trinajstić information content (AvgIpc) is 2.83. The van der Waals surface area contributed by atoms with Crippen LogP contribution in [0.5, 0.6) is 0 Å². The maximum atomic E-state index is 11.9. The van der Waals surface area contributed by atoms with E-state index in [0.717, 1.165) is 19.6 Å². The minimum atomic E-state index is -0.177. The summed E-state index contributed by atoms with van der Waals surface area (Å²) in [5, 5.41) is 2.81. The van der Waals surface area contributed by atoms with Gasteiger partial charge < -0.3 is 9.47 Å². The normalized spacial score (nSPS) is 17.4. The first-order chi connectivity index (χ1) is 9.16. The third-order valence-corrected chi connectivity index (χ3v) is 3.51. The van der Waals surface area contributed by atoms with Gasteiger partial charge in [-0.1, -0.05) is 0 Å². The molecule has 0 radical (unpaired) electrons. The van der Waals surface area contributed by atoms with Crippen molar-refractivity contribution in [1.82, 2.24) is 9.99 Å². The first kappa shape index (κ1) is 13.6. The molecule has 0 bridgehead atoms. The molecule has 0 aliphatic carbocycles. The van der Waals surface area contributed by atoms with Gasteiger partial charge in [-0.2, -0.15) is 10.5 Å². The summed E-state index contributed by atoms with van der Waals surface area (Å²) in [4.78, 5) is 13.3. The summed E-state index contributed by atoms with van der Waals surface area (Å²) in [5.74, 6) is 0.434. The molecule has 6 heteroatoms. The van der Waals surface area contributed by atoms with Crippen LogP contribution in [0.2, 0.25) is 0 Å². The van der Waals surface area contributed by atoms with Crippen molar-refractivity contribution in [3.8, 4) is 0 Å². The molecule has 104 valence electrons. The van der Waals surface area contributed by atoms with Crippen molar-refractivity contribution in [1.29, 1.82) is 0 Å². The van der Waals surface area contributed by atoms with E-state index in [4.69, 9.17) is 5.73 Å². The van der Waals surface area contributed by atoms with Crippen molar-refractivity contribution in [2.24, 2.45) is 12.8 Å². The summed E-state index contributed by atoms with van der Waals surface area (Å²) in [7, 11) is 1.83. The molecule has 6 nitrogen and oxygen atoms in total. The SMILES string of the molecule is Cn1cccc1C(=O)N[NH+]=C(N)C[NH+]1CCCCC1. The fourth-order valence-corrected chi connectivity index (χ4v) is 2.44. The molecule has 1 fully saturated rings. The highest BCUT2D eigenvalue weighted by Gasteiger charge is 2.17. The summed E-state index contributed by atoms with van der Waals surface area (Å²) >= 11 is 0. The van der Waals surface area contributed by atoms with Gasteiger partial charge in [0.1, 0.15) is 5.69 Å². The Hall–Kier alpha value is -1.82. The zero-order valence-electron chi connectivity index (χ0n) is 11.4. The Balaban J connectivity index is 1.84. The number of nitrogens with zero attached hydrogens (tertiary/aromatic N) is 1. The summed E-state index contributed by atoms with van der Waals surface area (Å²) in [5.41, 5.74) is 9.14. The molecule has 1 aliphatic rings. The number of amides is 1. The van der Waals surface area contributed by atoms with Gasteiger partial charge in [-0.25, -0.2) is 0 Å². The van der Waals surface area contributed by atoms with E-state index in [1.165, 1.54) is 24.2 Å². The van der Waals surface area contributed by atoms with Gasteiger partial charge >= 0.3 is 11.7 Å². The lowest BCUT2D eigenvalue weighted by molar-refractivity contribution is -0.897. The van der Waals surface area contributed by atoms with Crippen LogP contribution in [0.4, 0.5) is 0 Å². The smallest absolute Gasteiger partial charge is 0.319 e. The van der Waals surface area contributed by atoms with E-state index < -0.39 is 0 Å². The van der Waals surface area contributed by atoms with Gasteiger partial charge in [0.15, 0.2) is 6.54 Å². The number of amidine groups is 1. The molecule has 2 heterocycles. The second kappa shape index (κ2) is 6.38. The van der Waals surface area contributed by atoms with Gasteiger partial charge in [0, 0.05) is 13.2 Å². The number of hydrazine groups is 1. The van der Waals surface area contributed by atoms with Crippen molar-refractivity contribution >= 4 is 11.7 Å². The average molecular weight is 265 g/mol. The van der Waals surface area contributed by atoms with Crippen LogP contribution in [0.3, 0.4) is 0 Å². The van der Waals surface area contributed by atoms with Gasteiger partial charge in [0.05, 0.1) is 13.1 Å². The molecule has 19 heavy (non-hydrogen) atoms. The topological polar surface area (TPSA) is 78.5 Å². The van der Waals surface area contributed by atoms with Crippen LogP contribution in [0, 0.1) is 0 Å². The number of hydrazone groups is 1. The quantitative estimate of drug-likeness (QED) is 0.269. The van der Waals surface area contributed by atoms with Crippen LogP contribution in [-0.2, 0) is 7.05 Å². The molecule has 0 atom stereocenters. The fourth-order valence-electron chi connectivity index (χ4n) is 2.44. The molecular weight excluding hydrogens is 242 g/mol. The second-order valence-corrected chi connectivity index (χ2v) is 5.10. The number of hydrogen-bond donors (Lipinski definition) is 4. The number of likely N-dealkylation sites (tertiary alicyclic amines) is 1. The third kappa shape index (κ3) is 3.82. The molecule has 0 aromatic carbocycles. The molecule has 1 amide bonds. The highest BCUT2D eigenvalue weighted by Crippen LogP contribution is 1.97. The highest BCUT2D eigenvalue weighted by molar-refractivity contribution is 5.92. The molecule has 1 aromatic heterocycles. The number of aromatic nitrogens is 1. The Morgan fingerprint density at radius 2 is 2.21 bits per heavy atom. The van der Waals surface area contributed by atoms with E-state index >= 15 is 0 Å². The largest absolute Gasteiger partial charge is 0.347 e. The standard InChI is InChI=1S/C13H21N5O/c1-17-7-5-6-11(17)13(19)16-15-12(14)10-18-8-3-2-4-9-18/h5-7H,2-4,8-10H2,1H3,(H2,14,15)(H,16,19)/p+2. The van der Waals surface area contributed by atoms with Gasteiger partial charge in [-0.05, 0) is 31.4 Å². The number of carbonyl (C=O) groups excluding carboxylic acids is 1. The zero-order valence-corrected chi connectivity index (χ0v) is 11.4. The molecule has 5 N–H and O–H groups in total. The molecule has 1 aliphatic heterocycles.